The lowest BCUT2D eigenvalue weighted by Gasteiger charge is -2.32. The third-order valence-corrected chi connectivity index (χ3v) is 3.03. The summed E-state index contributed by atoms with van der Waals surface area (Å²) in [6.07, 6.45) is 3.22. The minimum atomic E-state index is -0.242. The van der Waals surface area contributed by atoms with Crippen LogP contribution in [0.2, 0.25) is 0 Å². The Kier molecular flexibility index (Phi) is 2.72. The Bertz CT molecular complexity index is 420. The Morgan fingerprint density at radius 2 is 2.19 bits per heavy atom. The third-order valence-electron chi connectivity index (χ3n) is 3.03. The Balaban J connectivity index is 2.00. The van der Waals surface area contributed by atoms with Gasteiger partial charge in [-0.2, -0.15) is 0 Å². The van der Waals surface area contributed by atoms with Crippen LogP contribution in [-0.4, -0.2) is 33.7 Å². The van der Waals surface area contributed by atoms with Gasteiger partial charge in [-0.25, -0.2) is 4.68 Å². The fraction of sp³-hybridized carbons (Fsp3) is 0.600. The Labute approximate surface area is 93.0 Å². The molecule has 6 heteroatoms. The number of nitrogens with one attached hydrogen (secondary N) is 1. The average molecular weight is 222 g/mol. The van der Waals surface area contributed by atoms with E-state index >= 15 is 0 Å². The molecule has 1 aromatic heterocycles. The average Bonchev–Trinajstić information content (AvgIpc) is 2.63. The molecule has 0 saturated heterocycles. The molecule has 0 aromatic carbocycles. The zero-order valence-electron chi connectivity index (χ0n) is 9.30. The molecule has 0 atom stereocenters. The minimum absolute atomic E-state index is 0.151. The molecule has 1 aromatic rings. The molecule has 1 aliphatic carbocycles. The summed E-state index contributed by atoms with van der Waals surface area (Å²) in [5.41, 5.74) is 0.314. The molecule has 1 amide bonds. The van der Waals surface area contributed by atoms with E-state index in [2.05, 4.69) is 15.6 Å². The van der Waals surface area contributed by atoms with E-state index in [1.807, 2.05) is 0 Å². The standard InChI is InChI=1S/C10H14N4O2/c1-6(15)7-3-8(4-7)14-5-9(12-13-14)10(16)11-2/h5,7-8H,3-4H2,1-2H3,(H,11,16). The van der Waals surface area contributed by atoms with E-state index in [1.165, 1.54) is 0 Å². The highest BCUT2D eigenvalue weighted by Crippen LogP contribution is 2.37. The van der Waals surface area contributed by atoms with Gasteiger partial charge in [-0.3, -0.25) is 9.59 Å². The van der Waals surface area contributed by atoms with Gasteiger partial charge in [0.1, 0.15) is 5.78 Å². The normalized spacial score (nSPS) is 23.6. The predicted molar refractivity (Wildman–Crippen MR) is 55.9 cm³/mol. The van der Waals surface area contributed by atoms with Gasteiger partial charge in [0.05, 0.1) is 12.2 Å². The molecule has 0 unspecified atom stereocenters. The van der Waals surface area contributed by atoms with Crippen molar-refractivity contribution in [2.45, 2.75) is 25.8 Å². The number of aromatic nitrogens is 3. The Morgan fingerprint density at radius 3 is 2.75 bits per heavy atom. The van der Waals surface area contributed by atoms with Crippen molar-refractivity contribution in [1.29, 1.82) is 0 Å². The summed E-state index contributed by atoms with van der Waals surface area (Å²) in [5.74, 6) is 0.134. The molecule has 0 bridgehead atoms. The van der Waals surface area contributed by atoms with E-state index in [0.717, 1.165) is 12.8 Å². The van der Waals surface area contributed by atoms with Crippen molar-refractivity contribution in [3.8, 4) is 0 Å². The van der Waals surface area contributed by atoms with Gasteiger partial charge < -0.3 is 5.32 Å². The first kappa shape index (κ1) is 10.8. The molecule has 0 aliphatic heterocycles. The number of nitrogens with zero attached hydrogens (tertiary/aromatic N) is 3. The second-order valence-electron chi connectivity index (χ2n) is 4.10. The molecule has 2 rings (SSSR count). The van der Waals surface area contributed by atoms with Gasteiger partial charge >= 0.3 is 0 Å². The number of hydrogen-bond donors (Lipinski definition) is 1. The summed E-state index contributed by atoms with van der Waals surface area (Å²) < 4.78 is 1.67. The smallest absolute Gasteiger partial charge is 0.273 e. The SMILES string of the molecule is CNC(=O)c1cn(C2CC(C(C)=O)C2)nn1. The number of rotatable bonds is 3. The van der Waals surface area contributed by atoms with Crippen LogP contribution in [0.15, 0.2) is 6.20 Å². The number of ketones is 1. The van der Waals surface area contributed by atoms with E-state index in [9.17, 15) is 9.59 Å². The van der Waals surface area contributed by atoms with Crippen LogP contribution in [0.5, 0.6) is 0 Å². The molecule has 16 heavy (non-hydrogen) atoms. The molecule has 86 valence electrons. The number of hydrogen-bond acceptors (Lipinski definition) is 4. The fourth-order valence-electron chi connectivity index (χ4n) is 1.82. The van der Waals surface area contributed by atoms with Gasteiger partial charge in [-0.15, -0.1) is 5.10 Å². The van der Waals surface area contributed by atoms with Gasteiger partial charge in [0, 0.05) is 13.0 Å². The zero-order chi connectivity index (χ0) is 11.7. The van der Waals surface area contributed by atoms with Crippen molar-refractivity contribution < 1.29 is 9.59 Å². The first-order chi connectivity index (χ1) is 7.61. The van der Waals surface area contributed by atoms with E-state index < -0.39 is 0 Å². The number of carbonyl (C=O) groups is 2. The molecule has 1 fully saturated rings. The van der Waals surface area contributed by atoms with Crippen LogP contribution >= 0.6 is 0 Å². The van der Waals surface area contributed by atoms with Gasteiger partial charge in [-0.05, 0) is 19.8 Å². The highest BCUT2D eigenvalue weighted by Gasteiger charge is 2.34. The maximum absolute atomic E-state index is 11.2. The lowest BCUT2D eigenvalue weighted by molar-refractivity contribution is -0.124. The van der Waals surface area contributed by atoms with Crippen molar-refractivity contribution in [2.75, 3.05) is 7.05 Å². The summed E-state index contributed by atoms with van der Waals surface area (Å²) >= 11 is 0. The summed E-state index contributed by atoms with van der Waals surface area (Å²) in [4.78, 5) is 22.3. The van der Waals surface area contributed by atoms with Crippen molar-refractivity contribution in [3.63, 3.8) is 0 Å². The summed E-state index contributed by atoms with van der Waals surface area (Å²) in [5, 5.41) is 10.2. The summed E-state index contributed by atoms with van der Waals surface area (Å²) in [7, 11) is 1.55. The number of Topliss-reactive ketones (excluding diaryl/α,β-unsaturated/α-hetero) is 1. The molecule has 0 radical (unpaired) electrons. The van der Waals surface area contributed by atoms with Crippen LogP contribution in [0, 0.1) is 5.92 Å². The van der Waals surface area contributed by atoms with Gasteiger partial charge in [0.15, 0.2) is 5.69 Å². The fourth-order valence-corrected chi connectivity index (χ4v) is 1.82. The lowest BCUT2D eigenvalue weighted by atomic mass is 9.78. The van der Waals surface area contributed by atoms with Crippen molar-refractivity contribution >= 4 is 11.7 Å². The first-order valence-electron chi connectivity index (χ1n) is 5.26. The Hall–Kier alpha value is -1.72. The van der Waals surface area contributed by atoms with Crippen LogP contribution in [0.1, 0.15) is 36.3 Å². The summed E-state index contributed by atoms with van der Waals surface area (Å²) in [6, 6.07) is 0.208. The molecule has 1 heterocycles. The maximum atomic E-state index is 11.2. The Morgan fingerprint density at radius 1 is 1.50 bits per heavy atom. The number of carbonyl (C=O) groups excluding carboxylic acids is 2. The first-order valence-corrected chi connectivity index (χ1v) is 5.26. The van der Waals surface area contributed by atoms with Crippen molar-refractivity contribution in [2.24, 2.45) is 5.92 Å². The molecule has 1 aliphatic rings. The highest BCUT2D eigenvalue weighted by atomic mass is 16.2. The van der Waals surface area contributed by atoms with Crippen LogP contribution in [-0.2, 0) is 4.79 Å². The molecule has 1 saturated carbocycles. The predicted octanol–water partition coefficient (Wildman–Crippen LogP) is 0.178. The van der Waals surface area contributed by atoms with Crippen molar-refractivity contribution in [3.05, 3.63) is 11.9 Å². The van der Waals surface area contributed by atoms with E-state index in [0.29, 0.717) is 5.69 Å². The molecule has 6 nitrogen and oxygen atoms in total. The third kappa shape index (κ3) is 1.82. The van der Waals surface area contributed by atoms with Crippen LogP contribution in [0.25, 0.3) is 0 Å². The molecule has 0 spiro atoms. The van der Waals surface area contributed by atoms with Crippen LogP contribution < -0.4 is 5.32 Å². The van der Waals surface area contributed by atoms with E-state index in [4.69, 9.17) is 0 Å². The maximum Gasteiger partial charge on any atom is 0.273 e. The molecular weight excluding hydrogens is 208 g/mol. The quantitative estimate of drug-likeness (QED) is 0.791. The van der Waals surface area contributed by atoms with Gasteiger partial charge in [-0.1, -0.05) is 5.21 Å². The zero-order valence-corrected chi connectivity index (χ0v) is 9.30. The largest absolute Gasteiger partial charge is 0.354 e. The minimum Gasteiger partial charge on any atom is -0.354 e. The van der Waals surface area contributed by atoms with Gasteiger partial charge in [0.2, 0.25) is 0 Å². The van der Waals surface area contributed by atoms with Crippen molar-refractivity contribution in [1.82, 2.24) is 20.3 Å². The second-order valence-corrected chi connectivity index (χ2v) is 4.10. The highest BCUT2D eigenvalue weighted by molar-refractivity contribution is 5.91. The monoisotopic (exact) mass is 222 g/mol. The summed E-state index contributed by atoms with van der Waals surface area (Å²) in [6.45, 7) is 1.61. The van der Waals surface area contributed by atoms with Crippen LogP contribution in [0.3, 0.4) is 0 Å². The van der Waals surface area contributed by atoms with E-state index in [1.54, 1.807) is 24.9 Å². The molecular formula is C10H14N4O2. The second kappa shape index (κ2) is 4.03. The lowest BCUT2D eigenvalue weighted by Crippen LogP contribution is -2.31. The van der Waals surface area contributed by atoms with Gasteiger partial charge in [0.25, 0.3) is 5.91 Å². The number of amides is 1. The topological polar surface area (TPSA) is 76.9 Å². The molecule has 1 N–H and O–H groups in total. The van der Waals surface area contributed by atoms with E-state index in [-0.39, 0.29) is 23.7 Å². The van der Waals surface area contributed by atoms with Crippen LogP contribution in [0.4, 0.5) is 0 Å².